The smallest absolute Gasteiger partial charge is 0.117 e. The van der Waals surface area contributed by atoms with Gasteiger partial charge in [-0.1, -0.05) is 13.8 Å². The van der Waals surface area contributed by atoms with Crippen LogP contribution in [0.3, 0.4) is 0 Å². The number of nitrogens with one attached hydrogen (secondary N) is 1. The van der Waals surface area contributed by atoms with E-state index < -0.39 is 0 Å². The van der Waals surface area contributed by atoms with Crippen LogP contribution in [0.5, 0.6) is 0 Å². The zero-order chi connectivity index (χ0) is 13.4. The molecule has 1 atom stereocenters. The number of hydrogen-bond donors (Lipinski definition) is 1. The van der Waals surface area contributed by atoms with Gasteiger partial charge >= 0.3 is 0 Å². The lowest BCUT2D eigenvalue weighted by atomic mass is 10.1. The Kier molecular flexibility index (Phi) is 7.06. The third-order valence-electron chi connectivity index (χ3n) is 3.43. The lowest BCUT2D eigenvalue weighted by molar-refractivity contribution is 0.289. The van der Waals surface area contributed by atoms with Crippen molar-refractivity contribution >= 4 is 0 Å². The Labute approximate surface area is 112 Å². The summed E-state index contributed by atoms with van der Waals surface area (Å²) in [5.41, 5.74) is 0. The minimum absolute atomic E-state index is 0.547. The van der Waals surface area contributed by atoms with Gasteiger partial charge in [0.2, 0.25) is 0 Å². The van der Waals surface area contributed by atoms with E-state index in [1.807, 2.05) is 19.1 Å². The molecule has 18 heavy (non-hydrogen) atoms. The summed E-state index contributed by atoms with van der Waals surface area (Å²) in [5.74, 6) is 2.02. The van der Waals surface area contributed by atoms with E-state index in [1.165, 1.54) is 19.4 Å². The molecule has 0 aromatic carbocycles. The van der Waals surface area contributed by atoms with Crippen molar-refractivity contribution in [3.05, 3.63) is 23.7 Å². The molecule has 1 N–H and O–H groups in total. The molecule has 0 spiro atoms. The lowest BCUT2D eigenvalue weighted by Crippen LogP contribution is -2.28. The van der Waals surface area contributed by atoms with Gasteiger partial charge in [0.1, 0.15) is 11.5 Å². The topological polar surface area (TPSA) is 28.4 Å². The van der Waals surface area contributed by atoms with Crippen LogP contribution < -0.4 is 5.32 Å². The molecule has 0 radical (unpaired) electrons. The van der Waals surface area contributed by atoms with Gasteiger partial charge in [0.25, 0.3) is 0 Å². The first-order valence-corrected chi connectivity index (χ1v) is 7.16. The van der Waals surface area contributed by atoms with E-state index in [4.69, 9.17) is 4.42 Å². The molecule has 1 rings (SSSR count). The Morgan fingerprint density at radius 1 is 1.28 bits per heavy atom. The van der Waals surface area contributed by atoms with Gasteiger partial charge in [-0.3, -0.25) is 0 Å². The quantitative estimate of drug-likeness (QED) is 0.731. The van der Waals surface area contributed by atoms with Crippen LogP contribution in [0.25, 0.3) is 0 Å². The van der Waals surface area contributed by atoms with Crippen LogP contribution in [0, 0.1) is 6.92 Å². The molecule has 3 heteroatoms. The molecule has 0 amide bonds. The van der Waals surface area contributed by atoms with Crippen molar-refractivity contribution in [1.29, 1.82) is 0 Å². The van der Waals surface area contributed by atoms with Crippen molar-refractivity contribution in [2.24, 2.45) is 0 Å². The normalized spacial score (nSPS) is 13.2. The van der Waals surface area contributed by atoms with Crippen molar-refractivity contribution in [1.82, 2.24) is 10.2 Å². The van der Waals surface area contributed by atoms with Crippen LogP contribution in [0.2, 0.25) is 0 Å². The molecular formula is C15H28N2O. The van der Waals surface area contributed by atoms with Gasteiger partial charge < -0.3 is 14.6 Å². The van der Waals surface area contributed by atoms with Crippen molar-refractivity contribution in [3.63, 3.8) is 0 Å². The highest BCUT2D eigenvalue weighted by Gasteiger charge is 2.05. The fourth-order valence-electron chi connectivity index (χ4n) is 2.12. The highest BCUT2D eigenvalue weighted by molar-refractivity contribution is 5.05. The summed E-state index contributed by atoms with van der Waals surface area (Å²) in [6.07, 6.45) is 2.48. The first-order valence-electron chi connectivity index (χ1n) is 7.16. The first kappa shape index (κ1) is 15.3. The van der Waals surface area contributed by atoms with Gasteiger partial charge in [-0.15, -0.1) is 0 Å². The molecule has 104 valence electrons. The maximum absolute atomic E-state index is 5.54. The van der Waals surface area contributed by atoms with Crippen LogP contribution in [-0.4, -0.2) is 30.6 Å². The molecule has 1 aromatic rings. The monoisotopic (exact) mass is 252 g/mol. The predicted molar refractivity (Wildman–Crippen MR) is 76.8 cm³/mol. The second kappa shape index (κ2) is 8.33. The van der Waals surface area contributed by atoms with Crippen LogP contribution in [0.4, 0.5) is 0 Å². The average molecular weight is 252 g/mol. The van der Waals surface area contributed by atoms with E-state index >= 15 is 0 Å². The molecule has 1 heterocycles. The predicted octanol–water partition coefficient (Wildman–Crippen LogP) is 3.19. The van der Waals surface area contributed by atoms with Gasteiger partial charge in [-0.25, -0.2) is 0 Å². The molecule has 0 aliphatic heterocycles. The summed E-state index contributed by atoms with van der Waals surface area (Å²) in [5, 5.41) is 3.51. The third-order valence-corrected chi connectivity index (χ3v) is 3.43. The number of hydrogen-bond acceptors (Lipinski definition) is 3. The molecule has 0 fully saturated rings. The summed E-state index contributed by atoms with van der Waals surface area (Å²) in [4.78, 5) is 2.47. The van der Waals surface area contributed by atoms with Gasteiger partial charge in [0.15, 0.2) is 0 Å². The SMILES string of the molecule is CCN(CC)CCC[C@@H](C)NCc1ccc(C)o1. The molecule has 0 bridgehead atoms. The van der Waals surface area contributed by atoms with Crippen LogP contribution in [0.1, 0.15) is 45.1 Å². The number of furan rings is 1. The van der Waals surface area contributed by atoms with Crippen molar-refractivity contribution in [2.45, 2.75) is 53.1 Å². The molecule has 0 saturated heterocycles. The summed E-state index contributed by atoms with van der Waals surface area (Å²) in [6, 6.07) is 4.61. The van der Waals surface area contributed by atoms with E-state index in [0.717, 1.165) is 31.2 Å². The van der Waals surface area contributed by atoms with Gasteiger partial charge in [0.05, 0.1) is 6.54 Å². The molecule has 0 aliphatic carbocycles. The zero-order valence-corrected chi connectivity index (χ0v) is 12.3. The Balaban J connectivity index is 2.12. The van der Waals surface area contributed by atoms with Gasteiger partial charge in [-0.2, -0.15) is 0 Å². The Morgan fingerprint density at radius 3 is 2.56 bits per heavy atom. The minimum atomic E-state index is 0.547. The zero-order valence-electron chi connectivity index (χ0n) is 12.3. The second-order valence-corrected chi connectivity index (χ2v) is 4.96. The van der Waals surface area contributed by atoms with Crippen molar-refractivity contribution in [3.8, 4) is 0 Å². The van der Waals surface area contributed by atoms with Crippen molar-refractivity contribution in [2.75, 3.05) is 19.6 Å². The average Bonchev–Trinajstić information content (AvgIpc) is 2.78. The van der Waals surface area contributed by atoms with Gasteiger partial charge in [0, 0.05) is 6.04 Å². The molecule has 0 unspecified atom stereocenters. The number of aryl methyl sites for hydroxylation is 1. The molecule has 3 nitrogen and oxygen atoms in total. The Bertz CT molecular complexity index is 318. The fraction of sp³-hybridized carbons (Fsp3) is 0.733. The highest BCUT2D eigenvalue weighted by Crippen LogP contribution is 2.07. The molecule has 1 aromatic heterocycles. The standard InChI is InChI=1S/C15H28N2O/c1-5-17(6-2)11-7-8-13(3)16-12-15-10-9-14(4)18-15/h9-10,13,16H,5-8,11-12H2,1-4H3/t13-/m1/s1. The van der Waals surface area contributed by atoms with Crippen LogP contribution in [0.15, 0.2) is 16.5 Å². The van der Waals surface area contributed by atoms with E-state index in [0.29, 0.717) is 6.04 Å². The minimum Gasteiger partial charge on any atom is -0.465 e. The summed E-state index contributed by atoms with van der Waals surface area (Å²) < 4.78 is 5.54. The Morgan fingerprint density at radius 2 is 2.00 bits per heavy atom. The van der Waals surface area contributed by atoms with E-state index in [-0.39, 0.29) is 0 Å². The summed E-state index contributed by atoms with van der Waals surface area (Å²) >= 11 is 0. The van der Waals surface area contributed by atoms with Crippen LogP contribution in [-0.2, 0) is 6.54 Å². The summed E-state index contributed by atoms with van der Waals surface area (Å²) in [7, 11) is 0. The molecule has 0 saturated carbocycles. The van der Waals surface area contributed by atoms with Crippen molar-refractivity contribution < 1.29 is 4.42 Å². The maximum Gasteiger partial charge on any atom is 0.117 e. The molecular weight excluding hydrogens is 224 g/mol. The first-order chi connectivity index (χ1) is 8.65. The maximum atomic E-state index is 5.54. The summed E-state index contributed by atoms with van der Waals surface area (Å²) in [6.45, 7) is 13.0. The van der Waals surface area contributed by atoms with E-state index in [2.05, 4.69) is 31.0 Å². The fourth-order valence-corrected chi connectivity index (χ4v) is 2.12. The number of rotatable bonds is 9. The van der Waals surface area contributed by atoms with E-state index in [9.17, 15) is 0 Å². The number of nitrogens with zero attached hydrogens (tertiary/aromatic N) is 1. The van der Waals surface area contributed by atoms with Crippen LogP contribution >= 0.6 is 0 Å². The largest absolute Gasteiger partial charge is 0.465 e. The van der Waals surface area contributed by atoms with Gasteiger partial charge in [-0.05, 0) is 58.5 Å². The third kappa shape index (κ3) is 5.69. The van der Waals surface area contributed by atoms with E-state index in [1.54, 1.807) is 0 Å². The Hall–Kier alpha value is -0.800. The highest BCUT2D eigenvalue weighted by atomic mass is 16.3. The second-order valence-electron chi connectivity index (χ2n) is 4.96. The molecule has 0 aliphatic rings. The lowest BCUT2D eigenvalue weighted by Gasteiger charge is -2.19.